The molecule has 3 rings (SSSR count). The van der Waals surface area contributed by atoms with E-state index >= 15 is 0 Å². The molecule has 0 bridgehead atoms. The van der Waals surface area contributed by atoms with Crippen LogP contribution in [0.25, 0.3) is 0 Å². The van der Waals surface area contributed by atoms with Gasteiger partial charge in [-0.15, -0.1) is 0 Å². The molecule has 1 amide bonds. The van der Waals surface area contributed by atoms with E-state index in [-0.39, 0.29) is 30.5 Å². The quantitative estimate of drug-likeness (QED) is 0.458. The van der Waals surface area contributed by atoms with Gasteiger partial charge in [-0.3, -0.25) is 14.9 Å². The van der Waals surface area contributed by atoms with Gasteiger partial charge >= 0.3 is 5.97 Å². The van der Waals surface area contributed by atoms with Gasteiger partial charge in [-0.2, -0.15) is 0 Å². The molecule has 0 saturated carbocycles. The summed E-state index contributed by atoms with van der Waals surface area (Å²) in [7, 11) is 0. The molecule has 0 fully saturated rings. The van der Waals surface area contributed by atoms with Crippen LogP contribution in [0.3, 0.4) is 0 Å². The molecule has 1 N–H and O–H groups in total. The van der Waals surface area contributed by atoms with Crippen LogP contribution in [0, 0.1) is 17.0 Å². The van der Waals surface area contributed by atoms with E-state index in [1.54, 1.807) is 25.1 Å². The van der Waals surface area contributed by atoms with Crippen LogP contribution in [0.5, 0.6) is 11.5 Å². The van der Waals surface area contributed by atoms with Crippen molar-refractivity contribution in [3.05, 3.63) is 63.7 Å². The number of carbonyl (C=O) groups is 2. The molecule has 0 aliphatic carbocycles. The van der Waals surface area contributed by atoms with Gasteiger partial charge in [-0.1, -0.05) is 24.3 Å². The van der Waals surface area contributed by atoms with E-state index in [2.05, 4.69) is 5.32 Å². The fraction of sp³-hybridized carbons (Fsp3) is 0.263. The fourth-order valence-corrected chi connectivity index (χ4v) is 2.72. The summed E-state index contributed by atoms with van der Waals surface area (Å²) in [6, 6.07) is 11.4. The summed E-state index contributed by atoms with van der Waals surface area (Å²) < 4.78 is 16.2. The number of fused-ring (bicyclic) bond motifs is 1. The Hall–Kier alpha value is -3.62. The number of amides is 1. The minimum absolute atomic E-state index is 0.162. The molecule has 9 nitrogen and oxygen atoms in total. The maximum absolute atomic E-state index is 12.2. The minimum Gasteiger partial charge on any atom is -0.486 e. The van der Waals surface area contributed by atoms with E-state index in [0.717, 1.165) is 0 Å². The molecule has 0 saturated heterocycles. The second-order valence-electron chi connectivity index (χ2n) is 6.10. The summed E-state index contributed by atoms with van der Waals surface area (Å²) in [5.74, 6) is -0.247. The first-order valence-electron chi connectivity index (χ1n) is 8.52. The van der Waals surface area contributed by atoms with Gasteiger partial charge in [0.25, 0.3) is 11.6 Å². The summed E-state index contributed by atoms with van der Waals surface area (Å²) in [5.41, 5.74) is -0.135. The number of hydrogen-bond donors (Lipinski definition) is 1. The molecule has 146 valence electrons. The maximum atomic E-state index is 12.2. The molecule has 1 heterocycles. The third kappa shape index (κ3) is 4.37. The number of nitrogens with one attached hydrogen (secondary N) is 1. The maximum Gasteiger partial charge on any atom is 0.345 e. The molecule has 0 radical (unpaired) electrons. The summed E-state index contributed by atoms with van der Waals surface area (Å²) in [6.45, 7) is 1.43. The third-order valence-electron chi connectivity index (χ3n) is 4.08. The summed E-state index contributed by atoms with van der Waals surface area (Å²) in [6.07, 6.45) is -0.382. The lowest BCUT2D eigenvalue weighted by molar-refractivity contribution is -0.385. The predicted molar refractivity (Wildman–Crippen MR) is 97.5 cm³/mol. The number of aryl methyl sites for hydroxylation is 1. The molecule has 9 heteroatoms. The van der Waals surface area contributed by atoms with Crippen molar-refractivity contribution in [2.45, 2.75) is 13.0 Å². The highest BCUT2D eigenvalue weighted by Crippen LogP contribution is 2.30. The van der Waals surface area contributed by atoms with Crippen LogP contribution in [0.1, 0.15) is 15.9 Å². The first-order valence-corrected chi connectivity index (χ1v) is 8.52. The van der Waals surface area contributed by atoms with Gasteiger partial charge in [0, 0.05) is 6.07 Å². The number of carbonyl (C=O) groups excluding carboxylic acids is 2. The molecule has 0 spiro atoms. The van der Waals surface area contributed by atoms with Gasteiger partial charge in [-0.25, -0.2) is 4.79 Å². The second kappa shape index (κ2) is 8.38. The van der Waals surface area contributed by atoms with Crippen molar-refractivity contribution < 1.29 is 28.7 Å². The van der Waals surface area contributed by atoms with E-state index in [9.17, 15) is 19.7 Å². The number of para-hydroxylation sites is 2. The van der Waals surface area contributed by atoms with E-state index in [0.29, 0.717) is 17.1 Å². The Morgan fingerprint density at radius 1 is 1.21 bits per heavy atom. The van der Waals surface area contributed by atoms with Gasteiger partial charge in [0.1, 0.15) is 18.3 Å². The van der Waals surface area contributed by atoms with Crippen LogP contribution >= 0.6 is 0 Å². The molecular weight excluding hydrogens is 368 g/mol. The highest BCUT2D eigenvalue weighted by Gasteiger charge is 2.25. The molecule has 1 aliphatic rings. The van der Waals surface area contributed by atoms with Gasteiger partial charge in [0.05, 0.1) is 11.5 Å². The van der Waals surface area contributed by atoms with Crippen LogP contribution in [0.4, 0.5) is 5.69 Å². The molecule has 1 aliphatic heterocycles. The van der Waals surface area contributed by atoms with Gasteiger partial charge < -0.3 is 19.5 Å². The molecule has 1 unspecified atom stereocenters. The van der Waals surface area contributed by atoms with Gasteiger partial charge in [0.15, 0.2) is 18.1 Å². The highest BCUT2D eigenvalue weighted by atomic mass is 16.6. The lowest BCUT2D eigenvalue weighted by atomic mass is 10.1. The number of benzene rings is 2. The van der Waals surface area contributed by atoms with Crippen molar-refractivity contribution in [2.24, 2.45) is 0 Å². The topological polar surface area (TPSA) is 117 Å². The van der Waals surface area contributed by atoms with Crippen LogP contribution in [-0.2, 0) is 9.53 Å². The zero-order valence-electron chi connectivity index (χ0n) is 15.0. The number of nitro groups is 1. The Kier molecular flexibility index (Phi) is 5.73. The minimum atomic E-state index is -0.925. The van der Waals surface area contributed by atoms with E-state index < -0.39 is 23.4 Å². The molecular formula is C19H18N2O7. The number of nitro benzene ring substituents is 1. The SMILES string of the molecule is Cc1cccc([N+](=O)[O-])c1C(=O)OCC(=O)NCC1COc2ccccc2O1. The number of hydrogen-bond acceptors (Lipinski definition) is 7. The van der Waals surface area contributed by atoms with Crippen molar-refractivity contribution in [1.29, 1.82) is 0 Å². The Bertz CT molecular complexity index is 913. The zero-order chi connectivity index (χ0) is 20.1. The van der Waals surface area contributed by atoms with E-state index in [1.807, 2.05) is 12.1 Å². The number of ether oxygens (including phenoxy) is 3. The average Bonchev–Trinajstić information content (AvgIpc) is 2.70. The average molecular weight is 386 g/mol. The Balaban J connectivity index is 1.50. The number of nitrogens with zero attached hydrogens (tertiary/aromatic N) is 1. The Labute approximate surface area is 160 Å². The lowest BCUT2D eigenvalue weighted by Crippen LogP contribution is -2.42. The largest absolute Gasteiger partial charge is 0.486 e. The van der Waals surface area contributed by atoms with Crippen molar-refractivity contribution in [3.8, 4) is 11.5 Å². The first-order chi connectivity index (χ1) is 13.5. The van der Waals surface area contributed by atoms with Crippen LogP contribution in [0.15, 0.2) is 42.5 Å². The summed E-state index contributed by atoms with van der Waals surface area (Å²) in [5, 5.41) is 13.7. The molecule has 28 heavy (non-hydrogen) atoms. The third-order valence-corrected chi connectivity index (χ3v) is 4.08. The van der Waals surface area contributed by atoms with Crippen LogP contribution in [0.2, 0.25) is 0 Å². The van der Waals surface area contributed by atoms with Gasteiger partial charge in [0.2, 0.25) is 0 Å². The molecule has 1 atom stereocenters. The van der Waals surface area contributed by atoms with Crippen molar-refractivity contribution in [1.82, 2.24) is 5.32 Å². The monoisotopic (exact) mass is 386 g/mol. The Morgan fingerprint density at radius 3 is 2.71 bits per heavy atom. The van der Waals surface area contributed by atoms with Crippen molar-refractivity contribution in [2.75, 3.05) is 19.8 Å². The smallest absolute Gasteiger partial charge is 0.345 e. The standard InChI is InChI=1S/C19H18N2O7/c1-12-5-4-6-14(21(24)25)18(12)19(23)27-11-17(22)20-9-13-10-26-15-7-2-3-8-16(15)28-13/h2-8,13H,9-11H2,1H3,(H,20,22). The van der Waals surface area contributed by atoms with Crippen LogP contribution in [-0.4, -0.2) is 42.7 Å². The zero-order valence-corrected chi connectivity index (χ0v) is 15.0. The second-order valence-corrected chi connectivity index (χ2v) is 6.10. The van der Waals surface area contributed by atoms with Gasteiger partial charge in [-0.05, 0) is 24.6 Å². The van der Waals surface area contributed by atoms with E-state index in [4.69, 9.17) is 14.2 Å². The highest BCUT2D eigenvalue weighted by molar-refractivity contribution is 5.96. The predicted octanol–water partition coefficient (Wildman–Crippen LogP) is 2.02. The first kappa shape index (κ1) is 19.2. The van der Waals surface area contributed by atoms with E-state index in [1.165, 1.54) is 12.1 Å². The van der Waals surface area contributed by atoms with Crippen LogP contribution < -0.4 is 14.8 Å². The molecule has 2 aromatic carbocycles. The number of rotatable bonds is 6. The van der Waals surface area contributed by atoms with Crippen molar-refractivity contribution in [3.63, 3.8) is 0 Å². The number of esters is 1. The lowest BCUT2D eigenvalue weighted by Gasteiger charge is -2.26. The summed E-state index contributed by atoms with van der Waals surface area (Å²) >= 11 is 0. The van der Waals surface area contributed by atoms with Crippen molar-refractivity contribution >= 4 is 17.6 Å². The normalized spacial score (nSPS) is 14.8. The molecule has 0 aromatic heterocycles. The fourth-order valence-electron chi connectivity index (χ4n) is 2.72. The summed E-state index contributed by atoms with van der Waals surface area (Å²) in [4.78, 5) is 34.5. The Morgan fingerprint density at radius 2 is 1.96 bits per heavy atom. The molecule has 2 aromatic rings.